The maximum absolute atomic E-state index is 11.1. The second-order valence-electron chi connectivity index (χ2n) is 5.73. The summed E-state index contributed by atoms with van der Waals surface area (Å²) in [5.41, 5.74) is 5.70. The van der Waals surface area contributed by atoms with Gasteiger partial charge < -0.3 is 19.9 Å². The van der Waals surface area contributed by atoms with Gasteiger partial charge in [0.2, 0.25) is 5.91 Å². The average molecular weight is 358 g/mol. The van der Waals surface area contributed by atoms with E-state index < -0.39 is 5.91 Å². The normalized spacial score (nSPS) is 10.7. The molecule has 0 fully saturated rings. The number of hydrogen-bond acceptors (Lipinski definition) is 5. The minimum Gasteiger partial charge on any atom is -0.492 e. The molecular weight excluding hydrogens is 332 g/mol. The van der Waals surface area contributed by atoms with Crippen LogP contribution >= 0.6 is 0 Å². The van der Waals surface area contributed by atoms with Gasteiger partial charge in [0.25, 0.3) is 0 Å². The summed E-state index contributed by atoms with van der Waals surface area (Å²) in [6.45, 7) is 4.12. The predicted molar refractivity (Wildman–Crippen MR) is 101 cm³/mol. The van der Waals surface area contributed by atoms with Gasteiger partial charge in [0, 0.05) is 32.3 Å². The summed E-state index contributed by atoms with van der Waals surface area (Å²) in [4.78, 5) is 13.3. The quantitative estimate of drug-likeness (QED) is 0.630. The number of hydrogen-bond donors (Lipinski definition) is 1. The predicted octanol–water partition coefficient (Wildman–Crippen LogP) is 2.19. The third-order valence-electron chi connectivity index (χ3n) is 3.85. The molecule has 0 bridgehead atoms. The van der Waals surface area contributed by atoms with Gasteiger partial charge in [0.1, 0.15) is 24.7 Å². The molecule has 0 aliphatic heterocycles. The molecule has 0 aromatic heterocycles. The molecule has 0 saturated heterocycles. The Balaban J connectivity index is 1.74. The highest BCUT2D eigenvalue weighted by Crippen LogP contribution is 2.12. The molecule has 0 saturated carbocycles. The summed E-state index contributed by atoms with van der Waals surface area (Å²) in [6, 6.07) is 16.6. The number of para-hydroxylation sites is 1. The average Bonchev–Trinajstić information content (AvgIpc) is 2.67. The van der Waals surface area contributed by atoms with E-state index in [9.17, 15) is 4.79 Å². The van der Waals surface area contributed by atoms with E-state index in [4.69, 9.17) is 19.9 Å². The first-order chi connectivity index (χ1) is 12.7. The SMILES string of the molecule is COCCN(CCOc1ccccc1)CCOc1ccc(C(N)=O)cc1. The summed E-state index contributed by atoms with van der Waals surface area (Å²) >= 11 is 0. The molecule has 0 heterocycles. The Hall–Kier alpha value is -2.57. The molecule has 2 N–H and O–H groups in total. The van der Waals surface area contributed by atoms with Crippen LogP contribution in [0.5, 0.6) is 11.5 Å². The lowest BCUT2D eigenvalue weighted by atomic mass is 10.2. The van der Waals surface area contributed by atoms with Crippen molar-refractivity contribution in [2.24, 2.45) is 5.73 Å². The van der Waals surface area contributed by atoms with Crippen LogP contribution in [-0.4, -0.2) is 57.4 Å². The van der Waals surface area contributed by atoms with E-state index in [-0.39, 0.29) is 0 Å². The van der Waals surface area contributed by atoms with Gasteiger partial charge in [-0.3, -0.25) is 9.69 Å². The number of nitrogens with two attached hydrogens (primary N) is 1. The molecule has 0 atom stereocenters. The minimum absolute atomic E-state index is 0.444. The highest BCUT2D eigenvalue weighted by Gasteiger charge is 2.06. The largest absolute Gasteiger partial charge is 0.492 e. The minimum atomic E-state index is -0.444. The van der Waals surface area contributed by atoms with Crippen LogP contribution < -0.4 is 15.2 Å². The number of ether oxygens (including phenoxy) is 3. The van der Waals surface area contributed by atoms with Crippen molar-refractivity contribution in [2.45, 2.75) is 0 Å². The molecule has 6 heteroatoms. The number of benzene rings is 2. The summed E-state index contributed by atoms with van der Waals surface area (Å²) in [6.07, 6.45) is 0. The maximum Gasteiger partial charge on any atom is 0.248 e. The van der Waals surface area contributed by atoms with Crippen LogP contribution in [0.3, 0.4) is 0 Å². The smallest absolute Gasteiger partial charge is 0.248 e. The second-order valence-corrected chi connectivity index (χ2v) is 5.73. The van der Waals surface area contributed by atoms with Crippen molar-refractivity contribution in [1.29, 1.82) is 0 Å². The molecule has 140 valence electrons. The number of methoxy groups -OCH3 is 1. The van der Waals surface area contributed by atoms with E-state index in [0.717, 1.165) is 25.4 Å². The number of amides is 1. The maximum atomic E-state index is 11.1. The Morgan fingerprint density at radius 3 is 1.92 bits per heavy atom. The van der Waals surface area contributed by atoms with Crippen molar-refractivity contribution in [3.05, 3.63) is 60.2 Å². The lowest BCUT2D eigenvalue weighted by Gasteiger charge is -2.22. The summed E-state index contributed by atoms with van der Waals surface area (Å²) in [5.74, 6) is 1.13. The van der Waals surface area contributed by atoms with Crippen molar-refractivity contribution in [3.63, 3.8) is 0 Å². The number of carbonyl (C=O) groups excluding carboxylic acids is 1. The van der Waals surface area contributed by atoms with Crippen molar-refractivity contribution >= 4 is 5.91 Å². The van der Waals surface area contributed by atoms with Crippen LogP contribution in [0, 0.1) is 0 Å². The number of primary amides is 1. The summed E-state index contributed by atoms with van der Waals surface area (Å²) in [5, 5.41) is 0. The zero-order valence-corrected chi connectivity index (χ0v) is 15.1. The fraction of sp³-hybridized carbons (Fsp3) is 0.350. The fourth-order valence-electron chi connectivity index (χ4n) is 2.37. The monoisotopic (exact) mass is 358 g/mol. The van der Waals surface area contributed by atoms with Crippen molar-refractivity contribution < 1.29 is 19.0 Å². The molecule has 0 aliphatic carbocycles. The van der Waals surface area contributed by atoms with E-state index in [1.807, 2.05) is 30.3 Å². The van der Waals surface area contributed by atoms with Crippen LogP contribution in [-0.2, 0) is 4.74 Å². The van der Waals surface area contributed by atoms with Crippen LogP contribution in [0.25, 0.3) is 0 Å². The van der Waals surface area contributed by atoms with Gasteiger partial charge in [-0.05, 0) is 36.4 Å². The molecule has 2 aromatic rings. The summed E-state index contributed by atoms with van der Waals surface area (Å²) < 4.78 is 16.7. The van der Waals surface area contributed by atoms with Gasteiger partial charge in [0.05, 0.1) is 6.61 Å². The van der Waals surface area contributed by atoms with Gasteiger partial charge in [0.15, 0.2) is 0 Å². The molecule has 0 aliphatic rings. The van der Waals surface area contributed by atoms with Gasteiger partial charge in [-0.1, -0.05) is 18.2 Å². The van der Waals surface area contributed by atoms with E-state index in [2.05, 4.69) is 4.90 Å². The zero-order valence-electron chi connectivity index (χ0n) is 15.1. The standard InChI is InChI=1S/C20H26N2O4/c1-24-14-11-22(12-15-25-18-5-3-2-4-6-18)13-16-26-19-9-7-17(8-10-19)20(21)23/h2-10H,11-16H2,1H3,(H2,21,23). The van der Waals surface area contributed by atoms with E-state index >= 15 is 0 Å². The molecule has 0 radical (unpaired) electrons. The Kier molecular flexibility index (Phi) is 8.45. The zero-order chi connectivity index (χ0) is 18.6. The van der Waals surface area contributed by atoms with Crippen LogP contribution in [0.15, 0.2) is 54.6 Å². The van der Waals surface area contributed by atoms with Gasteiger partial charge in [-0.15, -0.1) is 0 Å². The molecule has 26 heavy (non-hydrogen) atoms. The van der Waals surface area contributed by atoms with Crippen molar-refractivity contribution in [2.75, 3.05) is 46.6 Å². The molecule has 2 rings (SSSR count). The Labute approximate surface area is 154 Å². The molecule has 1 amide bonds. The van der Waals surface area contributed by atoms with E-state index in [0.29, 0.717) is 31.1 Å². The number of nitrogens with zero attached hydrogens (tertiary/aromatic N) is 1. The summed E-state index contributed by atoms with van der Waals surface area (Å²) in [7, 11) is 1.69. The third-order valence-corrected chi connectivity index (χ3v) is 3.85. The lowest BCUT2D eigenvalue weighted by molar-refractivity contribution is 0.1000. The molecule has 0 unspecified atom stereocenters. The van der Waals surface area contributed by atoms with Crippen LogP contribution in [0.4, 0.5) is 0 Å². The van der Waals surface area contributed by atoms with Crippen molar-refractivity contribution in [3.8, 4) is 11.5 Å². The lowest BCUT2D eigenvalue weighted by Crippen LogP contribution is -2.35. The first-order valence-electron chi connectivity index (χ1n) is 8.61. The van der Waals surface area contributed by atoms with Gasteiger partial charge in [-0.2, -0.15) is 0 Å². The fourth-order valence-corrected chi connectivity index (χ4v) is 2.37. The van der Waals surface area contributed by atoms with E-state index in [1.54, 1.807) is 31.4 Å². The van der Waals surface area contributed by atoms with Gasteiger partial charge >= 0.3 is 0 Å². The third kappa shape index (κ3) is 7.13. The molecule has 6 nitrogen and oxygen atoms in total. The molecular formula is C20H26N2O4. The Morgan fingerprint density at radius 1 is 0.846 bits per heavy atom. The first-order valence-corrected chi connectivity index (χ1v) is 8.61. The Morgan fingerprint density at radius 2 is 1.38 bits per heavy atom. The second kappa shape index (κ2) is 11.1. The highest BCUT2D eigenvalue weighted by atomic mass is 16.5. The molecule has 0 spiro atoms. The first kappa shape index (κ1) is 19.8. The van der Waals surface area contributed by atoms with Crippen LogP contribution in [0.1, 0.15) is 10.4 Å². The number of carbonyl (C=O) groups is 1. The Bertz CT molecular complexity index is 647. The highest BCUT2D eigenvalue weighted by molar-refractivity contribution is 5.92. The van der Waals surface area contributed by atoms with Crippen LogP contribution in [0.2, 0.25) is 0 Å². The topological polar surface area (TPSA) is 74.0 Å². The molecule has 2 aromatic carbocycles. The van der Waals surface area contributed by atoms with Crippen molar-refractivity contribution in [1.82, 2.24) is 4.90 Å². The number of rotatable bonds is 12. The van der Waals surface area contributed by atoms with E-state index in [1.165, 1.54) is 0 Å². The van der Waals surface area contributed by atoms with Gasteiger partial charge in [-0.25, -0.2) is 0 Å².